The van der Waals surface area contributed by atoms with E-state index in [-0.39, 0.29) is 0 Å². The second kappa shape index (κ2) is 41.6. The zero-order valence-corrected chi connectivity index (χ0v) is 32.6. The van der Waals surface area contributed by atoms with Gasteiger partial charge in [0, 0.05) is 11.1 Å². The molecule has 2 N–H and O–H groups in total. The first-order chi connectivity index (χ1) is 23.4. The van der Waals surface area contributed by atoms with Crippen molar-refractivity contribution in [3.63, 3.8) is 0 Å². The first-order valence-electron chi connectivity index (χ1n) is 21.2. The number of hydrogen-bond acceptors (Lipinski definition) is 2. The molecule has 0 aromatic carbocycles. The largest absolute Gasteiger partial charge is 0.478 e. The Hall–Kier alpha value is -1.58. The maximum absolute atomic E-state index is 10.6. The van der Waals surface area contributed by atoms with Crippen LogP contribution in [-0.4, -0.2) is 22.2 Å². The molecule has 0 atom stereocenters. The van der Waals surface area contributed by atoms with E-state index in [1.165, 1.54) is 193 Å². The van der Waals surface area contributed by atoms with Crippen molar-refractivity contribution < 1.29 is 19.8 Å². The van der Waals surface area contributed by atoms with Crippen LogP contribution >= 0.6 is 0 Å². The van der Waals surface area contributed by atoms with Gasteiger partial charge in [-0.15, -0.1) is 0 Å². The zero-order chi connectivity index (χ0) is 35.8. The second-order valence-electron chi connectivity index (χ2n) is 14.6. The van der Waals surface area contributed by atoms with Gasteiger partial charge in [-0.05, 0) is 25.7 Å². The van der Waals surface area contributed by atoms with Crippen molar-refractivity contribution in [2.75, 3.05) is 0 Å². The first kappa shape index (κ1) is 48.5. The Balaban J connectivity index is 0. The van der Waals surface area contributed by atoms with Gasteiger partial charge < -0.3 is 10.2 Å². The summed E-state index contributed by atoms with van der Waals surface area (Å²) >= 11 is 0. The lowest BCUT2D eigenvalue weighted by molar-refractivity contribution is -0.133. The lowest BCUT2D eigenvalue weighted by Crippen LogP contribution is -1.98. The molecule has 0 saturated heterocycles. The molecule has 0 aromatic heterocycles. The summed E-state index contributed by atoms with van der Waals surface area (Å²) in [5.41, 5.74) is 0.715. The highest BCUT2D eigenvalue weighted by Crippen LogP contribution is 2.17. The van der Waals surface area contributed by atoms with Crippen molar-refractivity contribution >= 4 is 11.9 Å². The molecule has 0 aromatic rings. The minimum Gasteiger partial charge on any atom is -0.478 e. The second-order valence-corrected chi connectivity index (χ2v) is 14.6. The minimum atomic E-state index is -0.841. The highest BCUT2D eigenvalue weighted by atomic mass is 16.4. The topological polar surface area (TPSA) is 74.6 Å². The third-order valence-electron chi connectivity index (χ3n) is 9.77. The van der Waals surface area contributed by atoms with E-state index in [1.807, 2.05) is 0 Å². The molecule has 0 spiro atoms. The third-order valence-corrected chi connectivity index (χ3v) is 9.77. The Morgan fingerprint density at radius 2 is 0.458 bits per heavy atom. The van der Waals surface area contributed by atoms with Crippen molar-refractivity contribution in [3.8, 4) is 0 Å². The van der Waals surface area contributed by atoms with Crippen LogP contribution in [0.1, 0.15) is 245 Å². The average molecular weight is 677 g/mol. The van der Waals surface area contributed by atoms with Crippen LogP contribution in [0, 0.1) is 0 Å². The summed E-state index contributed by atoms with van der Waals surface area (Å²) in [5, 5.41) is 17.4. The van der Waals surface area contributed by atoms with Gasteiger partial charge in [0.1, 0.15) is 0 Å². The van der Waals surface area contributed by atoms with Gasteiger partial charge in [0.2, 0.25) is 0 Å². The fourth-order valence-corrected chi connectivity index (χ4v) is 6.34. The Kier molecular flexibility index (Phi) is 42.1. The van der Waals surface area contributed by atoms with Gasteiger partial charge in [-0.2, -0.15) is 0 Å². The fourth-order valence-electron chi connectivity index (χ4n) is 6.34. The van der Waals surface area contributed by atoms with E-state index < -0.39 is 11.9 Å². The van der Waals surface area contributed by atoms with Crippen molar-refractivity contribution in [1.29, 1.82) is 0 Å². The van der Waals surface area contributed by atoms with Crippen LogP contribution in [0.25, 0.3) is 0 Å². The number of carboxylic acids is 2. The number of carboxylic acid groups (broad SMARTS) is 2. The molecule has 48 heavy (non-hydrogen) atoms. The molecule has 284 valence electrons. The minimum absolute atomic E-state index is 0.357. The maximum Gasteiger partial charge on any atom is 0.330 e. The van der Waals surface area contributed by atoms with E-state index in [4.69, 9.17) is 10.2 Å². The van der Waals surface area contributed by atoms with Crippen molar-refractivity contribution in [2.24, 2.45) is 0 Å². The van der Waals surface area contributed by atoms with Gasteiger partial charge in [-0.25, -0.2) is 9.59 Å². The van der Waals surface area contributed by atoms with Crippen LogP contribution in [0.4, 0.5) is 0 Å². The first-order valence-corrected chi connectivity index (χ1v) is 21.2. The van der Waals surface area contributed by atoms with Gasteiger partial charge in [0.25, 0.3) is 0 Å². The van der Waals surface area contributed by atoms with Crippen molar-refractivity contribution in [1.82, 2.24) is 0 Å². The van der Waals surface area contributed by atoms with Crippen molar-refractivity contribution in [3.05, 3.63) is 24.3 Å². The normalized spacial score (nSPS) is 10.9. The Morgan fingerprint density at radius 1 is 0.312 bits per heavy atom. The number of rotatable bonds is 38. The molecule has 0 saturated carbocycles. The Labute approximate surface area is 300 Å². The third kappa shape index (κ3) is 42.4. The molecule has 0 amide bonds. The SMILES string of the molecule is C=C(CCCCCCCCCCCCCCCCCCC)C(=O)O.C=C(CCCCCCCCCCCCCCCCCCC)C(=O)O. The summed E-state index contributed by atoms with van der Waals surface area (Å²) in [6.45, 7) is 11.7. The van der Waals surface area contributed by atoms with Crippen LogP contribution in [0.5, 0.6) is 0 Å². The molecule has 0 heterocycles. The smallest absolute Gasteiger partial charge is 0.330 e. The number of aliphatic carboxylic acids is 2. The molecule has 0 aliphatic rings. The number of carbonyl (C=O) groups is 2. The molecule has 0 fully saturated rings. The number of hydrogen-bond donors (Lipinski definition) is 2. The molecule has 0 radical (unpaired) electrons. The molecular formula is C44H84O4. The summed E-state index contributed by atoms with van der Waals surface area (Å²) in [5.74, 6) is -1.68. The lowest BCUT2D eigenvalue weighted by Gasteiger charge is -2.04. The van der Waals surface area contributed by atoms with E-state index in [0.717, 1.165) is 25.7 Å². The van der Waals surface area contributed by atoms with Gasteiger partial charge >= 0.3 is 11.9 Å². The highest BCUT2D eigenvalue weighted by molar-refractivity contribution is 5.85. The Morgan fingerprint density at radius 3 is 0.604 bits per heavy atom. The Bertz CT molecular complexity index is 653. The monoisotopic (exact) mass is 677 g/mol. The van der Waals surface area contributed by atoms with Crippen LogP contribution in [-0.2, 0) is 9.59 Å². The molecule has 0 rings (SSSR count). The van der Waals surface area contributed by atoms with Gasteiger partial charge in [0.05, 0.1) is 0 Å². The quantitative estimate of drug-likeness (QED) is 0.0504. The predicted octanol–water partition coefficient (Wildman–Crippen LogP) is 15.3. The summed E-state index contributed by atoms with van der Waals surface area (Å²) in [6, 6.07) is 0. The summed E-state index contributed by atoms with van der Waals surface area (Å²) in [6.07, 6.45) is 47.3. The molecule has 4 heteroatoms. The van der Waals surface area contributed by atoms with Gasteiger partial charge in [0.15, 0.2) is 0 Å². The van der Waals surface area contributed by atoms with E-state index in [2.05, 4.69) is 27.0 Å². The van der Waals surface area contributed by atoms with Crippen molar-refractivity contribution in [2.45, 2.75) is 245 Å². The van der Waals surface area contributed by atoms with Crippen LogP contribution in [0.2, 0.25) is 0 Å². The molecule has 0 unspecified atom stereocenters. The van der Waals surface area contributed by atoms with Crippen LogP contribution in [0.15, 0.2) is 24.3 Å². The molecule has 0 aliphatic carbocycles. The maximum atomic E-state index is 10.6. The van der Waals surface area contributed by atoms with E-state index in [9.17, 15) is 9.59 Å². The lowest BCUT2D eigenvalue weighted by atomic mass is 10.0. The summed E-state index contributed by atoms with van der Waals surface area (Å²) < 4.78 is 0. The van der Waals surface area contributed by atoms with Gasteiger partial charge in [-0.1, -0.05) is 232 Å². The summed E-state index contributed by atoms with van der Waals surface area (Å²) in [7, 11) is 0. The fraction of sp³-hybridized carbons (Fsp3) is 0.864. The average Bonchev–Trinajstić information content (AvgIpc) is 3.07. The van der Waals surface area contributed by atoms with E-state index in [0.29, 0.717) is 24.0 Å². The van der Waals surface area contributed by atoms with E-state index in [1.54, 1.807) is 0 Å². The molecule has 0 bridgehead atoms. The van der Waals surface area contributed by atoms with Crippen LogP contribution < -0.4 is 0 Å². The predicted molar refractivity (Wildman–Crippen MR) is 211 cm³/mol. The molecule has 4 nitrogen and oxygen atoms in total. The summed E-state index contributed by atoms with van der Waals surface area (Å²) in [4.78, 5) is 21.2. The van der Waals surface area contributed by atoms with Crippen LogP contribution in [0.3, 0.4) is 0 Å². The zero-order valence-electron chi connectivity index (χ0n) is 32.6. The van der Waals surface area contributed by atoms with Gasteiger partial charge in [-0.3, -0.25) is 0 Å². The molecule has 0 aliphatic heterocycles. The standard InChI is InChI=1S/2C22H42O2/c2*1-3-4-5-6-7-8-9-10-11-12-13-14-15-16-17-18-19-20-21(2)22(23)24/h2*2-20H2,1H3,(H,23,24). The number of unbranched alkanes of at least 4 members (excludes halogenated alkanes) is 32. The highest BCUT2D eigenvalue weighted by Gasteiger charge is 2.03. The van der Waals surface area contributed by atoms with E-state index >= 15 is 0 Å². The molecular weight excluding hydrogens is 592 g/mol.